The molecule has 3 rings (SSSR count). The molecule has 2 aromatic rings. The summed E-state index contributed by atoms with van der Waals surface area (Å²) in [6.45, 7) is 5.13. The number of nitrogens with zero attached hydrogens (tertiary/aromatic N) is 2. The Hall–Kier alpha value is -2.07. The van der Waals surface area contributed by atoms with Crippen LogP contribution in [0.4, 0.5) is 0 Å². The van der Waals surface area contributed by atoms with Crippen LogP contribution in [-0.2, 0) is 14.8 Å². The molecule has 0 unspecified atom stereocenters. The van der Waals surface area contributed by atoms with Crippen LogP contribution < -0.4 is 10.0 Å². The van der Waals surface area contributed by atoms with E-state index in [9.17, 15) is 13.2 Å². The van der Waals surface area contributed by atoms with E-state index in [1.165, 1.54) is 19.4 Å². The molecule has 0 atom stereocenters. The van der Waals surface area contributed by atoms with E-state index in [1.54, 1.807) is 18.2 Å². The number of aromatic nitrogens is 1. The maximum atomic E-state index is 12.8. The Labute approximate surface area is 159 Å². The molecule has 1 aliphatic heterocycles. The van der Waals surface area contributed by atoms with E-state index in [1.807, 2.05) is 0 Å². The molecule has 1 saturated heterocycles. The minimum absolute atomic E-state index is 0.103. The number of piperazine rings is 1. The second kappa shape index (κ2) is 8.75. The van der Waals surface area contributed by atoms with Crippen LogP contribution in [0.1, 0.15) is 16.9 Å². The van der Waals surface area contributed by atoms with Crippen molar-refractivity contribution >= 4 is 26.8 Å². The number of carbonyl (C=O) groups excluding carboxylic acids is 1. The smallest absolute Gasteiger partial charge is 0.357 e. The minimum atomic E-state index is -3.70. The topological polar surface area (TPSA) is 101 Å². The van der Waals surface area contributed by atoms with Gasteiger partial charge in [0.2, 0.25) is 10.0 Å². The van der Waals surface area contributed by atoms with Crippen LogP contribution in [0.2, 0.25) is 0 Å². The van der Waals surface area contributed by atoms with Crippen molar-refractivity contribution in [1.29, 1.82) is 0 Å². The normalized spacial score (nSPS) is 15.7. The third kappa shape index (κ3) is 4.62. The minimum Gasteiger partial charge on any atom is -0.464 e. The standard InChI is InChI=1S/C18H24N4O4S/c1-26-18(23)17-15-4-2-5-16(14(15)6-8-20-17)27(24,25)21-7-3-11-22-12-9-19-10-13-22/h2,4-6,8,19,21H,3,7,9-13H2,1H3. The highest BCUT2D eigenvalue weighted by Crippen LogP contribution is 2.25. The molecule has 1 aromatic heterocycles. The molecule has 146 valence electrons. The zero-order valence-corrected chi connectivity index (χ0v) is 16.1. The lowest BCUT2D eigenvalue weighted by Gasteiger charge is -2.27. The van der Waals surface area contributed by atoms with Gasteiger partial charge in [-0.3, -0.25) is 0 Å². The molecule has 0 saturated carbocycles. The van der Waals surface area contributed by atoms with E-state index >= 15 is 0 Å². The van der Waals surface area contributed by atoms with E-state index in [0.29, 0.717) is 17.3 Å². The Morgan fingerprint density at radius 1 is 1.26 bits per heavy atom. The van der Waals surface area contributed by atoms with Crippen LogP contribution >= 0.6 is 0 Å². The van der Waals surface area contributed by atoms with Crippen molar-refractivity contribution in [2.75, 3.05) is 46.4 Å². The maximum Gasteiger partial charge on any atom is 0.357 e. The Bertz CT molecular complexity index is 911. The van der Waals surface area contributed by atoms with Gasteiger partial charge in [-0.05, 0) is 25.1 Å². The largest absolute Gasteiger partial charge is 0.464 e. The summed E-state index contributed by atoms with van der Waals surface area (Å²) in [6.07, 6.45) is 2.15. The Morgan fingerprint density at radius 2 is 2.04 bits per heavy atom. The van der Waals surface area contributed by atoms with Gasteiger partial charge < -0.3 is 15.0 Å². The van der Waals surface area contributed by atoms with Gasteiger partial charge in [-0.2, -0.15) is 0 Å². The molecular formula is C18H24N4O4S. The molecule has 1 fully saturated rings. The summed E-state index contributed by atoms with van der Waals surface area (Å²) in [6, 6.07) is 6.39. The van der Waals surface area contributed by atoms with Crippen LogP contribution in [-0.4, -0.2) is 70.6 Å². The second-order valence-electron chi connectivity index (χ2n) is 6.35. The molecule has 2 heterocycles. The summed E-state index contributed by atoms with van der Waals surface area (Å²) >= 11 is 0. The first-order chi connectivity index (χ1) is 13.0. The third-order valence-corrected chi connectivity index (χ3v) is 6.11. The van der Waals surface area contributed by atoms with Gasteiger partial charge in [0.1, 0.15) is 0 Å². The van der Waals surface area contributed by atoms with Crippen molar-refractivity contribution in [3.05, 3.63) is 36.2 Å². The highest BCUT2D eigenvalue weighted by Gasteiger charge is 2.20. The first-order valence-corrected chi connectivity index (χ1v) is 10.4. The highest BCUT2D eigenvalue weighted by molar-refractivity contribution is 7.89. The maximum absolute atomic E-state index is 12.8. The first-order valence-electron chi connectivity index (χ1n) is 8.92. The Balaban J connectivity index is 1.74. The number of ether oxygens (including phenoxy) is 1. The summed E-state index contributed by atoms with van der Waals surface area (Å²) in [5.41, 5.74) is 0.103. The predicted octanol–water partition coefficient (Wildman–Crippen LogP) is 0.595. The van der Waals surface area contributed by atoms with Gasteiger partial charge in [-0.1, -0.05) is 12.1 Å². The number of sulfonamides is 1. The van der Waals surface area contributed by atoms with Gasteiger partial charge in [0.15, 0.2) is 5.69 Å². The monoisotopic (exact) mass is 392 g/mol. The molecule has 8 nitrogen and oxygen atoms in total. The van der Waals surface area contributed by atoms with Crippen LogP contribution in [0.25, 0.3) is 10.8 Å². The fourth-order valence-electron chi connectivity index (χ4n) is 3.19. The zero-order valence-electron chi connectivity index (χ0n) is 15.3. The van der Waals surface area contributed by atoms with E-state index < -0.39 is 16.0 Å². The van der Waals surface area contributed by atoms with E-state index in [2.05, 4.69) is 19.9 Å². The van der Waals surface area contributed by atoms with Crippen molar-refractivity contribution in [2.24, 2.45) is 0 Å². The number of methoxy groups -OCH3 is 1. The molecule has 9 heteroatoms. The number of nitrogens with one attached hydrogen (secondary N) is 2. The quantitative estimate of drug-likeness (QED) is 0.525. The summed E-state index contributed by atoms with van der Waals surface area (Å²) in [5, 5.41) is 4.19. The fraction of sp³-hybridized carbons (Fsp3) is 0.444. The molecule has 0 bridgehead atoms. The Kier molecular flexibility index (Phi) is 6.38. The number of benzene rings is 1. The first kappa shape index (κ1) is 19.7. The number of fused-ring (bicyclic) bond motifs is 1. The van der Waals surface area contributed by atoms with Gasteiger partial charge in [0.05, 0.1) is 12.0 Å². The van der Waals surface area contributed by atoms with Crippen molar-refractivity contribution in [3.8, 4) is 0 Å². The number of esters is 1. The van der Waals surface area contributed by atoms with Gasteiger partial charge in [-0.15, -0.1) is 0 Å². The van der Waals surface area contributed by atoms with E-state index in [4.69, 9.17) is 4.74 Å². The lowest BCUT2D eigenvalue weighted by atomic mass is 10.1. The van der Waals surface area contributed by atoms with Gasteiger partial charge >= 0.3 is 5.97 Å². The summed E-state index contributed by atoms with van der Waals surface area (Å²) < 4.78 is 32.9. The Morgan fingerprint density at radius 3 is 2.78 bits per heavy atom. The molecule has 27 heavy (non-hydrogen) atoms. The number of pyridine rings is 1. The average molecular weight is 392 g/mol. The third-order valence-electron chi connectivity index (χ3n) is 4.59. The molecule has 1 aromatic carbocycles. The fourth-order valence-corrected chi connectivity index (χ4v) is 4.49. The van der Waals surface area contributed by atoms with Gasteiger partial charge in [0.25, 0.3) is 0 Å². The van der Waals surface area contributed by atoms with E-state index in [-0.39, 0.29) is 10.6 Å². The van der Waals surface area contributed by atoms with Crippen LogP contribution in [0, 0.1) is 0 Å². The number of hydrogen-bond donors (Lipinski definition) is 2. The molecule has 0 radical (unpaired) electrons. The highest BCUT2D eigenvalue weighted by atomic mass is 32.2. The van der Waals surface area contributed by atoms with Gasteiger partial charge in [-0.25, -0.2) is 22.9 Å². The lowest BCUT2D eigenvalue weighted by molar-refractivity contribution is 0.0596. The molecule has 0 amide bonds. The van der Waals surface area contributed by atoms with Gasteiger partial charge in [0, 0.05) is 49.7 Å². The molecule has 1 aliphatic rings. The van der Waals surface area contributed by atoms with E-state index in [0.717, 1.165) is 39.1 Å². The van der Waals surface area contributed by atoms with Crippen LogP contribution in [0.15, 0.2) is 35.4 Å². The molecular weight excluding hydrogens is 368 g/mol. The summed E-state index contributed by atoms with van der Waals surface area (Å²) in [4.78, 5) is 18.4. The van der Waals surface area contributed by atoms with Crippen molar-refractivity contribution < 1.29 is 17.9 Å². The van der Waals surface area contributed by atoms with Crippen molar-refractivity contribution in [1.82, 2.24) is 19.9 Å². The predicted molar refractivity (Wildman–Crippen MR) is 102 cm³/mol. The molecule has 0 aliphatic carbocycles. The SMILES string of the molecule is COC(=O)c1nccc2c(S(=O)(=O)NCCCN3CCNCC3)cccc12. The zero-order chi connectivity index (χ0) is 19.3. The number of hydrogen-bond acceptors (Lipinski definition) is 7. The second-order valence-corrected chi connectivity index (χ2v) is 8.08. The average Bonchev–Trinajstić information content (AvgIpc) is 2.70. The van der Waals surface area contributed by atoms with Crippen LogP contribution in [0.3, 0.4) is 0 Å². The van der Waals surface area contributed by atoms with Crippen molar-refractivity contribution in [2.45, 2.75) is 11.3 Å². The number of carbonyl (C=O) groups is 1. The summed E-state index contributed by atoms with van der Waals surface area (Å²) in [5.74, 6) is -0.598. The number of rotatable bonds is 7. The molecule has 0 spiro atoms. The summed E-state index contributed by atoms with van der Waals surface area (Å²) in [7, 11) is -2.43. The molecule has 2 N–H and O–H groups in total. The lowest BCUT2D eigenvalue weighted by Crippen LogP contribution is -2.44. The van der Waals surface area contributed by atoms with Crippen molar-refractivity contribution in [3.63, 3.8) is 0 Å². The van der Waals surface area contributed by atoms with Crippen LogP contribution in [0.5, 0.6) is 0 Å².